The minimum Gasteiger partial charge on any atom is -0.454 e. The first kappa shape index (κ1) is 25.4. The number of ether oxygens (including phenoxy) is 1. The first-order chi connectivity index (χ1) is 15.4. The number of nitro benzene ring substituents is 1. The average molecular weight is 478 g/mol. The Morgan fingerprint density at radius 3 is 2.42 bits per heavy atom. The second kappa shape index (κ2) is 10.7. The number of carbonyl (C=O) groups excluding carboxylic acids is 3. The van der Waals surface area contributed by atoms with Crippen LogP contribution in [0.3, 0.4) is 0 Å². The first-order valence-electron chi connectivity index (χ1n) is 9.46. The Kier molecular flexibility index (Phi) is 8.21. The Balaban J connectivity index is 1.91. The third-order valence-electron chi connectivity index (χ3n) is 4.26. The maximum atomic E-state index is 12.2. The van der Waals surface area contributed by atoms with Gasteiger partial charge in [0.25, 0.3) is 17.5 Å². The predicted octanol–water partition coefficient (Wildman–Crippen LogP) is 1.15. The van der Waals surface area contributed by atoms with Crippen molar-refractivity contribution >= 4 is 39.2 Å². The number of nitrogens with zero attached hydrogens (tertiary/aromatic N) is 2. The summed E-state index contributed by atoms with van der Waals surface area (Å²) in [5, 5.41) is 15.6. The van der Waals surface area contributed by atoms with Gasteiger partial charge in [-0.1, -0.05) is 12.1 Å². The van der Waals surface area contributed by atoms with Gasteiger partial charge in [0.1, 0.15) is 6.04 Å². The maximum Gasteiger partial charge on any atom is 0.328 e. The van der Waals surface area contributed by atoms with Gasteiger partial charge >= 0.3 is 5.97 Å². The van der Waals surface area contributed by atoms with Crippen LogP contribution in [0, 0.1) is 10.1 Å². The van der Waals surface area contributed by atoms with Crippen molar-refractivity contribution in [1.29, 1.82) is 0 Å². The number of nitrogens with one attached hydrogen (secondary N) is 2. The minimum absolute atomic E-state index is 0.0193. The molecule has 33 heavy (non-hydrogen) atoms. The summed E-state index contributed by atoms with van der Waals surface area (Å²) in [5.74, 6) is -2.36. The molecule has 0 heterocycles. The largest absolute Gasteiger partial charge is 0.454 e. The van der Waals surface area contributed by atoms with Gasteiger partial charge in [-0.05, 0) is 31.2 Å². The maximum absolute atomic E-state index is 12.2. The molecule has 1 atom stereocenters. The normalized spacial score (nSPS) is 12.0. The Bertz CT molecular complexity index is 1180. The fourth-order valence-corrected chi connectivity index (χ4v) is 3.45. The topological polar surface area (TPSA) is 165 Å². The lowest BCUT2D eigenvalue weighted by atomic mass is 10.2. The quantitative estimate of drug-likeness (QED) is 0.308. The molecule has 0 radical (unpaired) electrons. The lowest BCUT2D eigenvalue weighted by molar-refractivity contribution is -0.384. The zero-order valence-corrected chi connectivity index (χ0v) is 18.8. The van der Waals surface area contributed by atoms with Crippen molar-refractivity contribution in [3.63, 3.8) is 0 Å². The highest BCUT2D eigenvalue weighted by Gasteiger charge is 2.21. The molecule has 0 unspecified atom stereocenters. The van der Waals surface area contributed by atoms with Crippen LogP contribution < -0.4 is 10.6 Å². The molecule has 0 bridgehead atoms. The van der Waals surface area contributed by atoms with E-state index in [1.807, 2.05) is 0 Å². The number of rotatable bonds is 9. The van der Waals surface area contributed by atoms with Crippen molar-refractivity contribution in [2.24, 2.45) is 0 Å². The molecule has 0 spiro atoms. The minimum atomic E-state index is -3.70. The molecule has 2 aromatic carbocycles. The molecule has 13 heteroatoms. The van der Waals surface area contributed by atoms with Crippen LogP contribution in [0.1, 0.15) is 17.3 Å². The van der Waals surface area contributed by atoms with E-state index in [9.17, 15) is 32.9 Å². The highest BCUT2D eigenvalue weighted by molar-refractivity contribution is 7.89. The summed E-state index contributed by atoms with van der Waals surface area (Å²) in [4.78, 5) is 46.5. The molecule has 176 valence electrons. The number of carbonyl (C=O) groups is 3. The number of amides is 2. The third-order valence-corrected chi connectivity index (χ3v) is 6.07. The molecule has 0 aliphatic carbocycles. The summed E-state index contributed by atoms with van der Waals surface area (Å²) in [7, 11) is -0.947. The van der Waals surface area contributed by atoms with Crippen molar-refractivity contribution in [3.05, 3.63) is 64.2 Å². The zero-order chi connectivity index (χ0) is 24.8. The summed E-state index contributed by atoms with van der Waals surface area (Å²) in [5.41, 5.74) is -0.114. The number of hydrogen-bond donors (Lipinski definition) is 2. The van der Waals surface area contributed by atoms with E-state index >= 15 is 0 Å². The number of non-ortho nitro benzene ring substituents is 1. The summed E-state index contributed by atoms with van der Waals surface area (Å²) < 4.78 is 30.3. The fourth-order valence-electron chi connectivity index (χ4n) is 2.50. The monoisotopic (exact) mass is 478 g/mol. The molecular formula is C20H22N4O8S. The fraction of sp³-hybridized carbons (Fsp3) is 0.250. The van der Waals surface area contributed by atoms with E-state index in [-0.39, 0.29) is 21.8 Å². The standard InChI is InChI=1S/C20H22N4O8S/c1-13(21-19(26)14-6-4-8-16(10-14)24(28)29)20(27)32-12-18(25)22-15-7-5-9-17(11-15)33(30,31)23(2)3/h4-11,13H,12H2,1-3H3,(H,21,26)(H,22,25)/t13-/m0/s1. The molecule has 0 aromatic heterocycles. The summed E-state index contributed by atoms with van der Waals surface area (Å²) >= 11 is 0. The van der Waals surface area contributed by atoms with E-state index in [1.54, 1.807) is 0 Å². The smallest absolute Gasteiger partial charge is 0.328 e. The van der Waals surface area contributed by atoms with Gasteiger partial charge in [0.2, 0.25) is 10.0 Å². The molecule has 2 aromatic rings. The molecule has 0 saturated heterocycles. The first-order valence-corrected chi connectivity index (χ1v) is 10.9. The predicted molar refractivity (Wildman–Crippen MR) is 117 cm³/mol. The molecular weight excluding hydrogens is 456 g/mol. The molecule has 2 amide bonds. The van der Waals surface area contributed by atoms with Gasteiger partial charge in [-0.3, -0.25) is 19.7 Å². The lowest BCUT2D eigenvalue weighted by Crippen LogP contribution is -2.40. The van der Waals surface area contributed by atoms with Crippen molar-refractivity contribution in [2.75, 3.05) is 26.0 Å². The number of hydrogen-bond acceptors (Lipinski definition) is 8. The molecule has 0 saturated carbocycles. The van der Waals surface area contributed by atoms with Gasteiger partial charge in [0, 0.05) is 37.5 Å². The van der Waals surface area contributed by atoms with Crippen LogP contribution in [-0.2, 0) is 24.3 Å². The van der Waals surface area contributed by atoms with Crippen molar-refractivity contribution in [2.45, 2.75) is 17.9 Å². The molecule has 0 aliphatic heterocycles. The van der Waals surface area contributed by atoms with E-state index in [1.165, 1.54) is 63.5 Å². The number of sulfonamides is 1. The van der Waals surface area contributed by atoms with Crippen molar-refractivity contribution < 1.29 is 32.5 Å². The second-order valence-electron chi connectivity index (χ2n) is 6.97. The zero-order valence-electron chi connectivity index (χ0n) is 18.0. The van der Waals surface area contributed by atoms with Crippen LogP contribution in [0.15, 0.2) is 53.4 Å². The van der Waals surface area contributed by atoms with E-state index in [4.69, 9.17) is 4.74 Å². The SMILES string of the molecule is C[C@H](NC(=O)c1cccc([N+](=O)[O-])c1)C(=O)OCC(=O)Nc1cccc(S(=O)(=O)N(C)C)c1. The van der Waals surface area contributed by atoms with Gasteiger partial charge in [0.15, 0.2) is 6.61 Å². The van der Waals surface area contributed by atoms with Gasteiger partial charge < -0.3 is 15.4 Å². The van der Waals surface area contributed by atoms with Crippen LogP contribution in [0.25, 0.3) is 0 Å². The van der Waals surface area contributed by atoms with Gasteiger partial charge in [-0.15, -0.1) is 0 Å². The number of anilines is 1. The Hall–Kier alpha value is -3.84. The van der Waals surface area contributed by atoms with Gasteiger partial charge in [0.05, 0.1) is 9.82 Å². The number of nitro groups is 1. The number of esters is 1. The Labute approximate surface area is 189 Å². The molecule has 2 rings (SSSR count). The van der Waals surface area contributed by atoms with Crippen LogP contribution in [0.5, 0.6) is 0 Å². The Morgan fingerprint density at radius 1 is 1.12 bits per heavy atom. The number of benzene rings is 2. The van der Waals surface area contributed by atoms with Gasteiger partial charge in [-0.2, -0.15) is 0 Å². The van der Waals surface area contributed by atoms with E-state index in [0.717, 1.165) is 10.4 Å². The summed E-state index contributed by atoms with van der Waals surface area (Å²) in [6.45, 7) is 0.644. The van der Waals surface area contributed by atoms with E-state index in [0.29, 0.717) is 0 Å². The molecule has 0 aliphatic rings. The third kappa shape index (κ3) is 6.82. The Morgan fingerprint density at radius 2 is 1.79 bits per heavy atom. The second-order valence-corrected chi connectivity index (χ2v) is 9.13. The summed E-state index contributed by atoms with van der Waals surface area (Å²) in [6, 6.07) is 9.37. The van der Waals surface area contributed by atoms with Crippen LogP contribution in [-0.4, -0.2) is 62.2 Å². The highest BCUT2D eigenvalue weighted by Crippen LogP contribution is 2.18. The van der Waals surface area contributed by atoms with Crippen LogP contribution in [0.4, 0.5) is 11.4 Å². The highest BCUT2D eigenvalue weighted by atomic mass is 32.2. The average Bonchev–Trinajstić information content (AvgIpc) is 2.77. The van der Waals surface area contributed by atoms with Crippen LogP contribution >= 0.6 is 0 Å². The van der Waals surface area contributed by atoms with E-state index in [2.05, 4.69) is 10.6 Å². The van der Waals surface area contributed by atoms with Gasteiger partial charge in [-0.25, -0.2) is 17.5 Å². The van der Waals surface area contributed by atoms with E-state index < -0.39 is 45.4 Å². The lowest BCUT2D eigenvalue weighted by Gasteiger charge is -2.14. The van der Waals surface area contributed by atoms with Crippen molar-refractivity contribution in [1.82, 2.24) is 9.62 Å². The summed E-state index contributed by atoms with van der Waals surface area (Å²) in [6.07, 6.45) is 0. The van der Waals surface area contributed by atoms with Crippen molar-refractivity contribution in [3.8, 4) is 0 Å². The molecule has 2 N–H and O–H groups in total. The van der Waals surface area contributed by atoms with Crippen LogP contribution in [0.2, 0.25) is 0 Å². The molecule has 0 fully saturated rings. The molecule has 12 nitrogen and oxygen atoms in total.